The van der Waals surface area contributed by atoms with Gasteiger partial charge in [0, 0.05) is 5.92 Å². The fraction of sp³-hybridized carbons (Fsp3) is 0.941. The molecule has 3 heteroatoms. The van der Waals surface area contributed by atoms with Gasteiger partial charge in [0.15, 0.2) is 5.78 Å². The minimum atomic E-state index is 0. The van der Waals surface area contributed by atoms with Crippen molar-refractivity contribution in [3.05, 3.63) is 0 Å². The van der Waals surface area contributed by atoms with E-state index in [1.165, 1.54) is 25.7 Å². The number of quaternary nitrogens is 1. The minimum absolute atomic E-state index is 0. The quantitative estimate of drug-likeness (QED) is 0.586. The number of Topliss-reactive ketones (excluding diaryl/α,β-unsaturated/α-hetero) is 1. The standard InChI is InChI=1S/C17H35NO.BrH/c1-6-8-15(11-10-13(3)4)14(5)16(9-7-2)17(19)12-18;/h13-16H,6-12,18H2,1-5H3;1H. The Kier molecular flexibility index (Phi) is 14.4. The molecule has 0 saturated heterocycles. The van der Waals surface area contributed by atoms with Crippen LogP contribution >= 0.6 is 0 Å². The maximum absolute atomic E-state index is 12.1. The van der Waals surface area contributed by atoms with Crippen molar-refractivity contribution in [1.29, 1.82) is 0 Å². The highest BCUT2D eigenvalue weighted by Gasteiger charge is 2.29. The van der Waals surface area contributed by atoms with Gasteiger partial charge in [-0.1, -0.05) is 60.3 Å². The number of halogens is 1. The first-order chi connectivity index (χ1) is 8.97. The molecule has 0 aliphatic carbocycles. The van der Waals surface area contributed by atoms with Crippen LogP contribution in [0.5, 0.6) is 0 Å². The van der Waals surface area contributed by atoms with Crippen LogP contribution < -0.4 is 22.7 Å². The Morgan fingerprint density at radius 3 is 1.90 bits per heavy atom. The zero-order chi connectivity index (χ0) is 14.8. The lowest BCUT2D eigenvalue weighted by Gasteiger charge is -2.30. The average molecular weight is 350 g/mol. The molecule has 0 spiro atoms. The summed E-state index contributed by atoms with van der Waals surface area (Å²) >= 11 is 0. The molecule has 2 nitrogen and oxygen atoms in total. The Bertz CT molecular complexity index is 243. The zero-order valence-electron chi connectivity index (χ0n) is 14.3. The third-order valence-electron chi connectivity index (χ3n) is 4.41. The van der Waals surface area contributed by atoms with Crippen LogP contribution in [0, 0.1) is 23.7 Å². The molecule has 122 valence electrons. The van der Waals surface area contributed by atoms with Gasteiger partial charge in [0.1, 0.15) is 6.54 Å². The molecule has 0 aromatic rings. The number of carbonyl (C=O) groups excluding carboxylic acids is 1. The highest BCUT2D eigenvalue weighted by Crippen LogP contribution is 2.32. The Morgan fingerprint density at radius 2 is 1.50 bits per heavy atom. The average Bonchev–Trinajstić information content (AvgIpc) is 2.39. The van der Waals surface area contributed by atoms with Crippen LogP contribution in [0.3, 0.4) is 0 Å². The molecular weight excluding hydrogens is 314 g/mol. The summed E-state index contributed by atoms with van der Waals surface area (Å²) in [6, 6.07) is 0. The summed E-state index contributed by atoms with van der Waals surface area (Å²) in [5, 5.41) is 0. The van der Waals surface area contributed by atoms with Crippen LogP contribution in [0.15, 0.2) is 0 Å². The Hall–Kier alpha value is 0.110. The highest BCUT2D eigenvalue weighted by atomic mass is 79.9. The molecule has 0 fully saturated rings. The smallest absolute Gasteiger partial charge is 0.189 e. The fourth-order valence-corrected chi connectivity index (χ4v) is 3.13. The van der Waals surface area contributed by atoms with Crippen molar-refractivity contribution in [3.63, 3.8) is 0 Å². The van der Waals surface area contributed by atoms with Crippen LogP contribution in [-0.4, -0.2) is 12.3 Å². The molecule has 0 radical (unpaired) electrons. The lowest BCUT2D eigenvalue weighted by molar-refractivity contribution is -0.355. The van der Waals surface area contributed by atoms with E-state index in [9.17, 15) is 4.79 Å². The monoisotopic (exact) mass is 349 g/mol. The van der Waals surface area contributed by atoms with E-state index in [1.54, 1.807) is 0 Å². The van der Waals surface area contributed by atoms with Gasteiger partial charge in [-0.3, -0.25) is 4.79 Å². The van der Waals surface area contributed by atoms with Crippen molar-refractivity contribution in [2.45, 2.75) is 73.1 Å². The van der Waals surface area contributed by atoms with Gasteiger partial charge in [0.05, 0.1) is 0 Å². The molecule has 20 heavy (non-hydrogen) atoms. The van der Waals surface area contributed by atoms with Gasteiger partial charge in [0.2, 0.25) is 0 Å². The number of hydrogen-bond donors (Lipinski definition) is 1. The molecule has 0 aromatic heterocycles. The predicted molar refractivity (Wildman–Crippen MR) is 82.8 cm³/mol. The molecular formula is C17H36BrNO. The summed E-state index contributed by atoms with van der Waals surface area (Å²) in [6.45, 7) is 11.8. The first-order valence-electron chi connectivity index (χ1n) is 8.29. The maximum Gasteiger partial charge on any atom is 0.189 e. The van der Waals surface area contributed by atoms with E-state index in [-0.39, 0.29) is 22.9 Å². The summed E-state index contributed by atoms with van der Waals surface area (Å²) in [5.74, 6) is 2.61. The molecule has 3 N–H and O–H groups in total. The van der Waals surface area contributed by atoms with E-state index in [1.807, 2.05) is 0 Å². The van der Waals surface area contributed by atoms with Gasteiger partial charge in [0.25, 0.3) is 0 Å². The maximum atomic E-state index is 12.1. The predicted octanol–water partition coefficient (Wildman–Crippen LogP) is 0.706. The molecule has 3 unspecified atom stereocenters. The van der Waals surface area contributed by atoms with Gasteiger partial charge in [-0.05, 0) is 30.6 Å². The third-order valence-corrected chi connectivity index (χ3v) is 4.41. The molecule has 0 aliphatic heterocycles. The van der Waals surface area contributed by atoms with E-state index >= 15 is 0 Å². The normalized spacial score (nSPS) is 15.6. The summed E-state index contributed by atoms with van der Waals surface area (Å²) in [6.07, 6.45) is 7.19. The van der Waals surface area contributed by atoms with Gasteiger partial charge < -0.3 is 22.7 Å². The third kappa shape index (κ3) is 8.41. The number of hydrogen-bond acceptors (Lipinski definition) is 1. The van der Waals surface area contributed by atoms with Crippen molar-refractivity contribution in [2.24, 2.45) is 23.7 Å². The Labute approximate surface area is 137 Å². The lowest BCUT2D eigenvalue weighted by Crippen LogP contribution is -3.00. The molecule has 0 bridgehead atoms. The minimum Gasteiger partial charge on any atom is -1.00 e. The second-order valence-corrected chi connectivity index (χ2v) is 6.49. The second-order valence-electron chi connectivity index (χ2n) is 6.49. The molecule has 0 rings (SSSR count). The molecule has 0 amide bonds. The van der Waals surface area contributed by atoms with Crippen molar-refractivity contribution in [2.75, 3.05) is 6.54 Å². The summed E-state index contributed by atoms with van der Waals surface area (Å²) in [4.78, 5) is 12.1. The van der Waals surface area contributed by atoms with E-state index in [0.717, 1.165) is 18.8 Å². The zero-order valence-corrected chi connectivity index (χ0v) is 15.8. The van der Waals surface area contributed by atoms with Crippen molar-refractivity contribution >= 4 is 5.78 Å². The summed E-state index contributed by atoms with van der Waals surface area (Å²) in [5.41, 5.74) is 3.80. The van der Waals surface area contributed by atoms with Crippen LogP contribution in [0.4, 0.5) is 0 Å². The Morgan fingerprint density at radius 1 is 0.950 bits per heavy atom. The highest BCUT2D eigenvalue weighted by molar-refractivity contribution is 5.81. The molecule has 0 heterocycles. The van der Waals surface area contributed by atoms with Crippen molar-refractivity contribution in [3.8, 4) is 0 Å². The van der Waals surface area contributed by atoms with E-state index in [4.69, 9.17) is 0 Å². The van der Waals surface area contributed by atoms with E-state index in [0.29, 0.717) is 24.2 Å². The van der Waals surface area contributed by atoms with Gasteiger partial charge in [-0.15, -0.1) is 0 Å². The van der Waals surface area contributed by atoms with Crippen molar-refractivity contribution in [1.82, 2.24) is 0 Å². The van der Waals surface area contributed by atoms with Crippen molar-refractivity contribution < 1.29 is 27.5 Å². The van der Waals surface area contributed by atoms with Crippen LogP contribution in [-0.2, 0) is 4.79 Å². The van der Waals surface area contributed by atoms with Crippen LogP contribution in [0.2, 0.25) is 0 Å². The van der Waals surface area contributed by atoms with E-state index < -0.39 is 0 Å². The SMILES string of the molecule is CCCC(CCC(C)C)C(C)C(CCC)C(=O)C[NH3+].[Br-]. The first-order valence-corrected chi connectivity index (χ1v) is 8.29. The van der Waals surface area contributed by atoms with Gasteiger partial charge >= 0.3 is 0 Å². The second kappa shape index (κ2) is 12.8. The first kappa shape index (κ1) is 22.4. The Balaban J connectivity index is 0. The summed E-state index contributed by atoms with van der Waals surface area (Å²) in [7, 11) is 0. The molecule has 0 aromatic carbocycles. The lowest BCUT2D eigenvalue weighted by atomic mass is 9.74. The molecule has 0 saturated carbocycles. The largest absolute Gasteiger partial charge is 1.00 e. The summed E-state index contributed by atoms with van der Waals surface area (Å²) < 4.78 is 0. The number of ketones is 1. The fourth-order valence-electron chi connectivity index (χ4n) is 3.13. The molecule has 3 atom stereocenters. The van der Waals surface area contributed by atoms with Gasteiger partial charge in [-0.25, -0.2) is 0 Å². The topological polar surface area (TPSA) is 44.7 Å². The number of carbonyl (C=O) groups is 1. The molecule has 0 aliphatic rings. The van der Waals surface area contributed by atoms with E-state index in [2.05, 4.69) is 40.4 Å². The van der Waals surface area contributed by atoms with Crippen LogP contribution in [0.25, 0.3) is 0 Å². The van der Waals surface area contributed by atoms with Gasteiger partial charge in [-0.2, -0.15) is 0 Å². The van der Waals surface area contributed by atoms with Crippen LogP contribution in [0.1, 0.15) is 73.1 Å². The number of rotatable bonds is 11.